The minimum absolute atomic E-state index is 0.0485. The van der Waals surface area contributed by atoms with Gasteiger partial charge in [0.25, 0.3) is 0 Å². The quantitative estimate of drug-likeness (QED) is 0.780. The first-order valence-electron chi connectivity index (χ1n) is 8.27. The van der Waals surface area contributed by atoms with E-state index in [1.807, 2.05) is 13.8 Å². The molecule has 2 heterocycles. The summed E-state index contributed by atoms with van der Waals surface area (Å²) in [6.07, 6.45) is -0.0825. The monoisotopic (exact) mass is 339 g/mol. The Labute approximate surface area is 143 Å². The van der Waals surface area contributed by atoms with Crippen LogP contribution in [0.1, 0.15) is 31.2 Å². The third kappa shape index (κ3) is 5.29. The molecule has 1 aromatic rings. The number of aryl methyl sites for hydroxylation is 2. The zero-order chi connectivity index (χ0) is 17.9. The van der Waals surface area contributed by atoms with E-state index >= 15 is 0 Å². The van der Waals surface area contributed by atoms with Crippen molar-refractivity contribution in [3.05, 3.63) is 17.3 Å². The van der Waals surface area contributed by atoms with Gasteiger partial charge in [-0.2, -0.15) is 0 Å². The second kappa shape index (κ2) is 7.63. The van der Waals surface area contributed by atoms with Crippen molar-refractivity contribution < 1.29 is 18.7 Å². The summed E-state index contributed by atoms with van der Waals surface area (Å²) in [4.78, 5) is 19.8. The van der Waals surface area contributed by atoms with Gasteiger partial charge in [-0.1, -0.05) is 0 Å². The number of carbonyl (C=O) groups is 1. The van der Waals surface area contributed by atoms with Gasteiger partial charge >= 0.3 is 0 Å². The largest absolute Gasteiger partial charge is 0.444 e. The number of hydrogen-bond acceptors (Lipinski definition) is 6. The van der Waals surface area contributed by atoms with Gasteiger partial charge in [-0.15, -0.1) is 0 Å². The van der Waals surface area contributed by atoms with Crippen molar-refractivity contribution in [2.75, 3.05) is 40.4 Å². The topological polar surface area (TPSA) is 68.0 Å². The van der Waals surface area contributed by atoms with Crippen LogP contribution in [0.15, 0.2) is 4.42 Å². The van der Waals surface area contributed by atoms with Gasteiger partial charge in [0, 0.05) is 27.2 Å². The fraction of sp³-hybridized carbons (Fsp3) is 0.765. The highest BCUT2D eigenvalue weighted by atomic mass is 16.6. The zero-order valence-corrected chi connectivity index (χ0v) is 15.6. The van der Waals surface area contributed by atoms with Gasteiger partial charge < -0.3 is 18.8 Å². The van der Waals surface area contributed by atoms with Gasteiger partial charge in [0.2, 0.25) is 11.8 Å². The molecule has 1 saturated heterocycles. The van der Waals surface area contributed by atoms with E-state index in [1.54, 1.807) is 14.1 Å². The molecular formula is C17H29N3O4. The average Bonchev–Trinajstić information content (AvgIpc) is 2.75. The van der Waals surface area contributed by atoms with Crippen molar-refractivity contribution in [1.82, 2.24) is 14.8 Å². The molecule has 1 amide bonds. The van der Waals surface area contributed by atoms with E-state index in [4.69, 9.17) is 13.9 Å². The second-order valence-electron chi connectivity index (χ2n) is 7.22. The first kappa shape index (κ1) is 18.9. The molecule has 1 aliphatic heterocycles. The molecule has 0 saturated carbocycles. The number of aromatic nitrogens is 1. The molecule has 1 aliphatic rings. The Balaban J connectivity index is 1.90. The third-order valence-corrected chi connectivity index (χ3v) is 4.01. The van der Waals surface area contributed by atoms with Crippen LogP contribution in [0, 0.1) is 13.8 Å². The van der Waals surface area contributed by atoms with Gasteiger partial charge in [-0.05, 0) is 27.7 Å². The lowest BCUT2D eigenvalue weighted by Crippen LogP contribution is -2.53. The summed E-state index contributed by atoms with van der Waals surface area (Å²) >= 11 is 0. The van der Waals surface area contributed by atoms with Crippen LogP contribution in [-0.4, -0.2) is 72.8 Å². The maximum absolute atomic E-state index is 11.6. The Bertz CT molecular complexity index is 549. The summed E-state index contributed by atoms with van der Waals surface area (Å²) in [5.41, 5.74) is 0.647. The summed E-state index contributed by atoms with van der Waals surface area (Å²) in [7, 11) is 3.43. The molecule has 2 rings (SSSR count). The lowest BCUT2D eigenvalue weighted by atomic mass is 10.1. The lowest BCUT2D eigenvalue weighted by molar-refractivity contribution is -0.162. The molecule has 0 aromatic carbocycles. The maximum atomic E-state index is 11.6. The molecule has 1 aromatic heterocycles. The van der Waals surface area contributed by atoms with Crippen molar-refractivity contribution in [2.45, 2.75) is 45.9 Å². The number of rotatable bonds is 6. The van der Waals surface area contributed by atoms with E-state index in [2.05, 4.69) is 23.7 Å². The highest BCUT2D eigenvalue weighted by Crippen LogP contribution is 2.23. The number of ether oxygens (including phenoxy) is 2. The smallest absolute Gasteiger partial charge is 0.248 e. The lowest BCUT2D eigenvalue weighted by Gasteiger charge is -2.42. The van der Waals surface area contributed by atoms with Gasteiger partial charge in [0.05, 0.1) is 30.6 Å². The molecule has 0 unspecified atom stereocenters. The van der Waals surface area contributed by atoms with Crippen LogP contribution >= 0.6 is 0 Å². The van der Waals surface area contributed by atoms with Crippen molar-refractivity contribution in [3.8, 4) is 0 Å². The standard InChI is InChI=1S/C17H29N3O4/c1-12-13(2)23-15(18-12)8-20-7-14(24-17(3,4)11-20)9-22-10-16(21)19(5)6/h14H,7-11H2,1-6H3/t14-/m1/s1. The molecule has 0 bridgehead atoms. The summed E-state index contributed by atoms with van der Waals surface area (Å²) in [6, 6.07) is 0. The molecule has 7 heteroatoms. The summed E-state index contributed by atoms with van der Waals surface area (Å²) in [5, 5.41) is 0. The molecule has 7 nitrogen and oxygen atoms in total. The predicted molar refractivity (Wildman–Crippen MR) is 89.7 cm³/mol. The third-order valence-electron chi connectivity index (χ3n) is 4.01. The minimum Gasteiger partial charge on any atom is -0.444 e. The number of carbonyl (C=O) groups excluding carboxylic acids is 1. The van der Waals surface area contributed by atoms with Gasteiger partial charge in [-0.3, -0.25) is 9.69 Å². The second-order valence-corrected chi connectivity index (χ2v) is 7.22. The molecule has 0 spiro atoms. The number of nitrogens with zero attached hydrogens (tertiary/aromatic N) is 3. The van der Waals surface area contributed by atoms with E-state index < -0.39 is 0 Å². The Hall–Kier alpha value is -1.44. The minimum atomic E-state index is -0.283. The van der Waals surface area contributed by atoms with Crippen molar-refractivity contribution >= 4 is 5.91 Å². The zero-order valence-electron chi connectivity index (χ0n) is 15.6. The van der Waals surface area contributed by atoms with E-state index in [1.165, 1.54) is 4.90 Å². The van der Waals surface area contributed by atoms with E-state index in [-0.39, 0.29) is 24.2 Å². The summed E-state index contributed by atoms with van der Waals surface area (Å²) < 4.78 is 17.3. The average molecular weight is 339 g/mol. The molecule has 1 atom stereocenters. The Morgan fingerprint density at radius 1 is 1.42 bits per heavy atom. The summed E-state index contributed by atoms with van der Waals surface area (Å²) in [6.45, 7) is 10.6. The molecule has 0 N–H and O–H groups in total. The van der Waals surface area contributed by atoms with Crippen LogP contribution in [-0.2, 0) is 20.8 Å². The number of morpholine rings is 1. The Morgan fingerprint density at radius 3 is 2.71 bits per heavy atom. The highest BCUT2D eigenvalue weighted by Gasteiger charge is 2.34. The van der Waals surface area contributed by atoms with Crippen LogP contribution in [0.4, 0.5) is 0 Å². The first-order chi connectivity index (χ1) is 11.2. The Morgan fingerprint density at radius 2 is 2.12 bits per heavy atom. The Kier molecular flexibility index (Phi) is 6.01. The maximum Gasteiger partial charge on any atom is 0.248 e. The van der Waals surface area contributed by atoms with Gasteiger partial charge in [0.1, 0.15) is 12.4 Å². The van der Waals surface area contributed by atoms with Crippen LogP contribution in [0.3, 0.4) is 0 Å². The molecule has 0 radical (unpaired) electrons. The molecule has 0 aliphatic carbocycles. The fourth-order valence-electron chi connectivity index (χ4n) is 2.83. The first-order valence-corrected chi connectivity index (χ1v) is 8.27. The number of amides is 1. The van der Waals surface area contributed by atoms with E-state index in [0.717, 1.165) is 30.4 Å². The molecular weight excluding hydrogens is 310 g/mol. The van der Waals surface area contributed by atoms with Crippen molar-refractivity contribution in [1.29, 1.82) is 0 Å². The molecule has 136 valence electrons. The van der Waals surface area contributed by atoms with Crippen molar-refractivity contribution in [3.63, 3.8) is 0 Å². The normalized spacial score (nSPS) is 21.0. The SMILES string of the molecule is Cc1nc(CN2C[C@H](COCC(=O)N(C)C)OC(C)(C)C2)oc1C. The van der Waals surface area contributed by atoms with Gasteiger partial charge in [-0.25, -0.2) is 4.98 Å². The van der Waals surface area contributed by atoms with Crippen molar-refractivity contribution in [2.24, 2.45) is 0 Å². The predicted octanol–water partition coefficient (Wildman–Crippen LogP) is 1.38. The number of hydrogen-bond donors (Lipinski definition) is 0. The molecule has 1 fully saturated rings. The fourth-order valence-corrected chi connectivity index (χ4v) is 2.83. The van der Waals surface area contributed by atoms with E-state index in [0.29, 0.717) is 13.2 Å². The van der Waals surface area contributed by atoms with Crippen LogP contribution < -0.4 is 0 Å². The number of oxazole rings is 1. The number of likely N-dealkylation sites (N-methyl/N-ethyl adjacent to an activating group) is 1. The van der Waals surface area contributed by atoms with Crippen LogP contribution in [0.2, 0.25) is 0 Å². The highest BCUT2D eigenvalue weighted by molar-refractivity contribution is 5.76. The van der Waals surface area contributed by atoms with E-state index in [9.17, 15) is 4.79 Å². The summed E-state index contributed by atoms with van der Waals surface area (Å²) in [5.74, 6) is 1.54. The van der Waals surface area contributed by atoms with Crippen LogP contribution in [0.5, 0.6) is 0 Å². The van der Waals surface area contributed by atoms with Gasteiger partial charge in [0.15, 0.2) is 0 Å². The van der Waals surface area contributed by atoms with Crippen LogP contribution in [0.25, 0.3) is 0 Å². The molecule has 24 heavy (non-hydrogen) atoms.